The Hall–Kier alpha value is -0.120. The molecule has 1 heterocycles. The minimum Gasteiger partial charge on any atom is -0.333 e. The second-order valence-electron chi connectivity index (χ2n) is 2.21. The zero-order valence-electron chi connectivity index (χ0n) is 5.96. The average Bonchev–Trinajstić information content (AvgIpc) is 2.13. The van der Waals surface area contributed by atoms with Crippen molar-refractivity contribution in [2.24, 2.45) is 0 Å². The third kappa shape index (κ3) is 1.41. The van der Waals surface area contributed by atoms with Gasteiger partial charge in [-0.3, -0.25) is 0 Å². The third-order valence-corrected chi connectivity index (χ3v) is 1.51. The van der Waals surface area contributed by atoms with Crippen molar-refractivity contribution >= 4 is 0 Å². The van der Waals surface area contributed by atoms with Crippen molar-refractivity contribution in [2.75, 3.05) is 7.11 Å². The van der Waals surface area contributed by atoms with Gasteiger partial charge < -0.3 is 14.2 Å². The molecular weight excluding hydrogens is 120 g/mol. The van der Waals surface area contributed by atoms with E-state index in [2.05, 4.69) is 0 Å². The Bertz CT molecular complexity index is 84.3. The molecule has 0 bridgehead atoms. The van der Waals surface area contributed by atoms with Crippen molar-refractivity contribution in [1.29, 1.82) is 0 Å². The standard InChI is InChI=1S/C6H12O3/c1-4-5(2)9-6(7-3)8-4/h4-6H,1-3H3. The van der Waals surface area contributed by atoms with Gasteiger partial charge in [0.1, 0.15) is 0 Å². The van der Waals surface area contributed by atoms with Crippen LogP contribution in [0.2, 0.25) is 0 Å². The van der Waals surface area contributed by atoms with Crippen molar-refractivity contribution in [3.05, 3.63) is 0 Å². The van der Waals surface area contributed by atoms with Crippen LogP contribution in [-0.2, 0) is 14.2 Å². The van der Waals surface area contributed by atoms with Crippen LogP contribution in [0.15, 0.2) is 0 Å². The van der Waals surface area contributed by atoms with Gasteiger partial charge in [0.15, 0.2) is 0 Å². The maximum atomic E-state index is 5.18. The summed E-state index contributed by atoms with van der Waals surface area (Å²) in [7, 11) is 1.56. The van der Waals surface area contributed by atoms with Crippen LogP contribution in [0.3, 0.4) is 0 Å². The fourth-order valence-electron chi connectivity index (χ4n) is 0.715. The summed E-state index contributed by atoms with van der Waals surface area (Å²) in [6, 6.07) is 0. The molecule has 1 saturated heterocycles. The molecule has 0 spiro atoms. The van der Waals surface area contributed by atoms with E-state index < -0.39 is 6.48 Å². The number of hydrogen-bond donors (Lipinski definition) is 0. The van der Waals surface area contributed by atoms with Gasteiger partial charge in [-0.05, 0) is 13.8 Å². The molecule has 1 rings (SSSR count). The summed E-state index contributed by atoms with van der Waals surface area (Å²) in [5.41, 5.74) is 0. The van der Waals surface area contributed by atoms with Gasteiger partial charge in [0.25, 0.3) is 6.48 Å². The maximum absolute atomic E-state index is 5.18. The lowest BCUT2D eigenvalue weighted by molar-refractivity contribution is -0.226. The third-order valence-electron chi connectivity index (χ3n) is 1.51. The number of methoxy groups -OCH3 is 1. The molecule has 9 heavy (non-hydrogen) atoms. The summed E-state index contributed by atoms with van der Waals surface area (Å²) in [6.45, 7) is 3.47. The van der Waals surface area contributed by atoms with Gasteiger partial charge in [-0.15, -0.1) is 0 Å². The highest BCUT2D eigenvalue weighted by Crippen LogP contribution is 2.17. The molecule has 54 valence electrons. The van der Waals surface area contributed by atoms with Crippen LogP contribution in [0.1, 0.15) is 13.8 Å². The number of rotatable bonds is 1. The Morgan fingerprint density at radius 1 is 1.11 bits per heavy atom. The highest BCUT2D eigenvalue weighted by atomic mass is 16.9. The van der Waals surface area contributed by atoms with Crippen LogP contribution in [0.5, 0.6) is 0 Å². The van der Waals surface area contributed by atoms with Gasteiger partial charge in [0.05, 0.1) is 12.2 Å². The molecular formula is C6H12O3. The minimum absolute atomic E-state index is 0.148. The molecule has 0 aromatic rings. The maximum Gasteiger partial charge on any atom is 0.272 e. The Kier molecular flexibility index (Phi) is 2.05. The molecule has 0 aromatic carbocycles. The van der Waals surface area contributed by atoms with Crippen LogP contribution in [-0.4, -0.2) is 25.8 Å². The lowest BCUT2D eigenvalue weighted by Gasteiger charge is -2.04. The Balaban J connectivity index is 2.35. The van der Waals surface area contributed by atoms with Gasteiger partial charge >= 0.3 is 0 Å². The summed E-state index contributed by atoms with van der Waals surface area (Å²) in [6.07, 6.45) is 0.296. The smallest absolute Gasteiger partial charge is 0.272 e. The fourth-order valence-corrected chi connectivity index (χ4v) is 0.715. The fraction of sp³-hybridized carbons (Fsp3) is 1.00. The summed E-state index contributed by atoms with van der Waals surface area (Å²) < 4.78 is 15.2. The normalized spacial score (nSPS) is 43.7. The van der Waals surface area contributed by atoms with E-state index in [1.54, 1.807) is 7.11 Å². The molecule has 0 aliphatic carbocycles. The monoisotopic (exact) mass is 132 g/mol. The lowest BCUT2D eigenvalue weighted by Crippen LogP contribution is -2.13. The largest absolute Gasteiger partial charge is 0.333 e. The van der Waals surface area contributed by atoms with Gasteiger partial charge in [0.2, 0.25) is 0 Å². The summed E-state index contributed by atoms with van der Waals surface area (Å²) >= 11 is 0. The van der Waals surface area contributed by atoms with Crippen molar-refractivity contribution in [3.63, 3.8) is 0 Å². The van der Waals surface area contributed by atoms with Crippen molar-refractivity contribution in [1.82, 2.24) is 0 Å². The SMILES string of the molecule is COC1OC(C)C(C)O1. The molecule has 1 aliphatic heterocycles. The van der Waals surface area contributed by atoms with E-state index in [-0.39, 0.29) is 12.2 Å². The van der Waals surface area contributed by atoms with E-state index in [1.165, 1.54) is 0 Å². The van der Waals surface area contributed by atoms with Crippen molar-refractivity contribution in [2.45, 2.75) is 32.5 Å². The quantitative estimate of drug-likeness (QED) is 0.526. The molecule has 1 fully saturated rings. The average molecular weight is 132 g/mol. The van der Waals surface area contributed by atoms with E-state index in [4.69, 9.17) is 14.2 Å². The second kappa shape index (κ2) is 2.64. The predicted octanol–water partition coefficient (Wildman–Crippen LogP) is 0.740. The molecule has 0 aromatic heterocycles. The predicted molar refractivity (Wildman–Crippen MR) is 31.9 cm³/mol. The zero-order chi connectivity index (χ0) is 6.85. The molecule has 0 N–H and O–H groups in total. The van der Waals surface area contributed by atoms with Crippen LogP contribution in [0.4, 0.5) is 0 Å². The Labute approximate surface area is 54.9 Å². The van der Waals surface area contributed by atoms with Gasteiger partial charge in [-0.1, -0.05) is 0 Å². The Morgan fingerprint density at radius 2 is 1.56 bits per heavy atom. The van der Waals surface area contributed by atoms with E-state index in [9.17, 15) is 0 Å². The van der Waals surface area contributed by atoms with E-state index >= 15 is 0 Å². The van der Waals surface area contributed by atoms with Crippen LogP contribution in [0.25, 0.3) is 0 Å². The van der Waals surface area contributed by atoms with E-state index in [0.29, 0.717) is 0 Å². The van der Waals surface area contributed by atoms with Crippen LogP contribution < -0.4 is 0 Å². The summed E-state index contributed by atoms with van der Waals surface area (Å²) in [4.78, 5) is 0. The molecule has 0 radical (unpaired) electrons. The molecule has 0 amide bonds. The second-order valence-corrected chi connectivity index (χ2v) is 2.21. The Morgan fingerprint density at radius 3 is 1.78 bits per heavy atom. The lowest BCUT2D eigenvalue weighted by atomic mass is 10.3. The first-order valence-electron chi connectivity index (χ1n) is 3.07. The van der Waals surface area contributed by atoms with E-state index in [1.807, 2.05) is 13.8 Å². The highest BCUT2D eigenvalue weighted by molar-refractivity contribution is 4.64. The minimum atomic E-state index is -0.449. The van der Waals surface area contributed by atoms with Gasteiger partial charge in [0, 0.05) is 7.11 Å². The first kappa shape index (κ1) is 6.99. The molecule has 2 unspecified atom stereocenters. The molecule has 3 nitrogen and oxygen atoms in total. The molecule has 3 heteroatoms. The van der Waals surface area contributed by atoms with Crippen molar-refractivity contribution in [3.8, 4) is 0 Å². The highest BCUT2D eigenvalue weighted by Gasteiger charge is 2.28. The van der Waals surface area contributed by atoms with Crippen LogP contribution in [0, 0.1) is 0 Å². The molecule has 0 saturated carbocycles. The van der Waals surface area contributed by atoms with Crippen LogP contribution >= 0.6 is 0 Å². The van der Waals surface area contributed by atoms with Gasteiger partial charge in [-0.2, -0.15) is 0 Å². The van der Waals surface area contributed by atoms with Gasteiger partial charge in [-0.25, -0.2) is 0 Å². The van der Waals surface area contributed by atoms with Crippen molar-refractivity contribution < 1.29 is 14.2 Å². The topological polar surface area (TPSA) is 27.7 Å². The number of ether oxygens (including phenoxy) is 3. The first-order valence-corrected chi connectivity index (χ1v) is 3.07. The molecule has 1 aliphatic rings. The summed E-state index contributed by atoms with van der Waals surface area (Å²) in [5.74, 6) is 0. The van der Waals surface area contributed by atoms with E-state index in [0.717, 1.165) is 0 Å². The first-order chi connectivity index (χ1) is 4.24. The molecule has 2 atom stereocenters. The summed E-state index contributed by atoms with van der Waals surface area (Å²) in [5, 5.41) is 0. The zero-order valence-corrected chi connectivity index (χ0v) is 5.96. The number of hydrogen-bond acceptors (Lipinski definition) is 3.